The maximum Gasteiger partial charge on any atom is 0.323 e. The van der Waals surface area contributed by atoms with Crippen molar-refractivity contribution in [2.45, 2.75) is 11.8 Å². The Morgan fingerprint density at radius 1 is 1.25 bits per heavy atom. The molecule has 2 heterocycles. The van der Waals surface area contributed by atoms with Crippen LogP contribution in [0.1, 0.15) is 5.69 Å². The lowest BCUT2D eigenvalue weighted by atomic mass is 10.2. The van der Waals surface area contributed by atoms with E-state index >= 15 is 0 Å². The Morgan fingerprint density at radius 2 is 1.89 bits per heavy atom. The van der Waals surface area contributed by atoms with Gasteiger partial charge in [-0.25, -0.2) is 13.3 Å². The fourth-order valence-corrected chi connectivity index (χ4v) is 5.26. The van der Waals surface area contributed by atoms with Crippen LogP contribution in [0.3, 0.4) is 0 Å². The molecule has 0 aliphatic carbocycles. The monoisotopic (exact) mass is 497 g/mol. The van der Waals surface area contributed by atoms with E-state index in [1.54, 1.807) is 0 Å². The van der Waals surface area contributed by atoms with E-state index < -0.39 is 43.6 Å². The Balaban J connectivity index is 2.30. The first-order valence-corrected chi connectivity index (χ1v) is 11.0. The van der Waals surface area contributed by atoms with Gasteiger partial charge in [0.1, 0.15) is 6.33 Å². The summed E-state index contributed by atoms with van der Waals surface area (Å²) >= 11 is 3.12. The minimum absolute atomic E-state index is 0.101. The van der Waals surface area contributed by atoms with Crippen molar-refractivity contribution in [2.24, 2.45) is 0 Å². The van der Waals surface area contributed by atoms with Gasteiger partial charge in [-0.15, -0.1) is 9.19 Å². The molecule has 0 saturated heterocycles. The summed E-state index contributed by atoms with van der Waals surface area (Å²) in [5, 5.41) is 21.9. The predicted molar refractivity (Wildman–Crippen MR) is 97.8 cm³/mol. The molecule has 0 saturated carbocycles. The number of benzene rings is 1. The number of rotatable bonds is 5. The maximum absolute atomic E-state index is 13.9. The van der Waals surface area contributed by atoms with E-state index in [9.17, 15) is 31.4 Å². The highest BCUT2D eigenvalue weighted by molar-refractivity contribution is 9.10. The van der Waals surface area contributed by atoms with E-state index in [1.165, 1.54) is 14.1 Å². The fraction of sp³-hybridized carbons (Fsp3) is 0.231. The standard InChI is InChI=1S/C13H13BrFN5O6S2/c1-18(2)28(25,26)19-6-16-13(17-19)27(23,24)20-9-4-8(15)11(22)3-7(9)12(14)10(20)5-21/h3-4,6,21-22H,5H2,1-2H3. The largest absolute Gasteiger partial charge is 0.505 e. The number of phenolic OH excluding ortho intramolecular Hbond substituents is 1. The minimum atomic E-state index is -4.63. The Labute approximate surface area is 167 Å². The second-order valence-corrected chi connectivity index (χ2v) is 10.2. The number of nitrogens with zero attached hydrogens (tertiary/aromatic N) is 5. The van der Waals surface area contributed by atoms with E-state index in [-0.39, 0.29) is 21.1 Å². The number of hydrogen-bond acceptors (Lipinski definition) is 8. The van der Waals surface area contributed by atoms with Crippen molar-refractivity contribution in [3.8, 4) is 5.75 Å². The Kier molecular flexibility index (Phi) is 4.99. The molecule has 0 amide bonds. The lowest BCUT2D eigenvalue weighted by molar-refractivity contribution is 0.275. The number of fused-ring (bicyclic) bond motifs is 1. The molecule has 0 atom stereocenters. The molecule has 15 heteroatoms. The van der Waals surface area contributed by atoms with E-state index in [1.807, 2.05) is 0 Å². The van der Waals surface area contributed by atoms with Gasteiger partial charge in [0.25, 0.3) is 5.16 Å². The predicted octanol–water partition coefficient (Wildman–Crippen LogP) is 0.224. The molecule has 11 nitrogen and oxygen atoms in total. The highest BCUT2D eigenvalue weighted by atomic mass is 79.9. The highest BCUT2D eigenvalue weighted by Gasteiger charge is 2.31. The summed E-state index contributed by atoms with van der Waals surface area (Å²) in [5.74, 6) is -1.81. The van der Waals surface area contributed by atoms with Crippen LogP contribution in [0.15, 0.2) is 28.1 Å². The molecule has 2 aromatic heterocycles. The second-order valence-electron chi connectivity index (χ2n) is 5.70. The van der Waals surface area contributed by atoms with E-state index in [0.717, 1.165) is 16.4 Å². The number of aromatic nitrogens is 4. The van der Waals surface area contributed by atoms with Crippen LogP contribution in [-0.2, 0) is 26.8 Å². The lowest BCUT2D eigenvalue weighted by Crippen LogP contribution is -2.29. The van der Waals surface area contributed by atoms with Crippen LogP contribution in [0, 0.1) is 5.82 Å². The van der Waals surface area contributed by atoms with Crippen molar-refractivity contribution in [3.63, 3.8) is 0 Å². The molecular formula is C13H13BrFN5O6S2. The molecule has 0 bridgehead atoms. The van der Waals surface area contributed by atoms with Gasteiger partial charge >= 0.3 is 20.2 Å². The van der Waals surface area contributed by atoms with Crippen LogP contribution in [0.4, 0.5) is 4.39 Å². The van der Waals surface area contributed by atoms with Gasteiger partial charge in [0, 0.05) is 25.5 Å². The first-order chi connectivity index (χ1) is 12.9. The summed E-state index contributed by atoms with van der Waals surface area (Å²) in [4.78, 5) is 3.54. The summed E-state index contributed by atoms with van der Waals surface area (Å²) in [6.07, 6.45) is 0.702. The van der Waals surface area contributed by atoms with Gasteiger partial charge in [0.05, 0.1) is 22.3 Å². The normalized spacial score (nSPS) is 12.9. The SMILES string of the molecule is CN(C)S(=O)(=O)n1cnc(S(=O)(=O)n2c(CO)c(Br)c3cc(O)c(F)cc32)n1. The maximum atomic E-state index is 13.9. The number of aromatic hydroxyl groups is 1. The van der Waals surface area contributed by atoms with E-state index in [4.69, 9.17) is 0 Å². The molecule has 2 N–H and O–H groups in total. The van der Waals surface area contributed by atoms with Crippen LogP contribution in [0.25, 0.3) is 10.9 Å². The first-order valence-electron chi connectivity index (χ1n) is 7.35. The minimum Gasteiger partial charge on any atom is -0.505 e. The highest BCUT2D eigenvalue weighted by Crippen LogP contribution is 2.36. The lowest BCUT2D eigenvalue weighted by Gasteiger charge is -2.10. The molecule has 28 heavy (non-hydrogen) atoms. The topological polar surface area (TPSA) is 148 Å². The summed E-state index contributed by atoms with van der Waals surface area (Å²) in [5.41, 5.74) is -0.398. The number of aliphatic hydroxyl groups is 1. The number of hydrogen-bond donors (Lipinski definition) is 2. The van der Waals surface area contributed by atoms with Crippen molar-refractivity contribution in [3.05, 3.63) is 34.4 Å². The number of phenols is 1. The van der Waals surface area contributed by atoms with Crippen molar-refractivity contribution in [1.82, 2.24) is 22.4 Å². The zero-order valence-electron chi connectivity index (χ0n) is 14.3. The molecule has 3 rings (SSSR count). The zero-order valence-corrected chi connectivity index (χ0v) is 17.5. The van der Waals surface area contributed by atoms with E-state index in [2.05, 4.69) is 26.0 Å². The summed E-state index contributed by atoms with van der Waals surface area (Å²) < 4.78 is 66.0. The molecule has 152 valence electrons. The zero-order chi connectivity index (χ0) is 21.0. The molecule has 0 aliphatic heterocycles. The van der Waals surface area contributed by atoms with Crippen molar-refractivity contribution in [2.75, 3.05) is 14.1 Å². The smallest absolute Gasteiger partial charge is 0.323 e. The number of halogens is 2. The van der Waals surface area contributed by atoms with Gasteiger partial charge in [0.15, 0.2) is 11.6 Å². The molecule has 3 aromatic rings. The summed E-state index contributed by atoms with van der Waals surface area (Å²) in [6, 6.07) is 1.75. The van der Waals surface area contributed by atoms with Gasteiger partial charge in [-0.2, -0.15) is 21.1 Å². The molecule has 0 unspecified atom stereocenters. The van der Waals surface area contributed by atoms with Crippen molar-refractivity contribution in [1.29, 1.82) is 0 Å². The third-order valence-corrected chi connectivity index (χ3v) is 7.79. The van der Waals surface area contributed by atoms with Crippen LogP contribution in [-0.4, -0.2) is 63.6 Å². The van der Waals surface area contributed by atoms with Gasteiger partial charge in [0.2, 0.25) is 0 Å². The van der Waals surface area contributed by atoms with Gasteiger partial charge in [-0.05, 0) is 22.0 Å². The molecule has 0 fully saturated rings. The summed E-state index contributed by atoms with van der Waals surface area (Å²) in [6.45, 7) is -0.770. The van der Waals surface area contributed by atoms with Crippen LogP contribution >= 0.6 is 15.9 Å². The summed E-state index contributed by atoms with van der Waals surface area (Å²) in [7, 11) is -6.30. The average molecular weight is 498 g/mol. The third-order valence-electron chi connectivity index (χ3n) is 3.79. The van der Waals surface area contributed by atoms with Crippen LogP contribution in [0.5, 0.6) is 5.75 Å². The van der Waals surface area contributed by atoms with Crippen LogP contribution in [0.2, 0.25) is 0 Å². The fourth-order valence-electron chi connectivity index (χ4n) is 2.41. The quantitative estimate of drug-likeness (QED) is 0.508. The van der Waals surface area contributed by atoms with E-state index in [0.29, 0.717) is 14.4 Å². The third kappa shape index (κ3) is 2.98. The first kappa shape index (κ1) is 20.7. The van der Waals surface area contributed by atoms with Crippen molar-refractivity contribution >= 4 is 47.1 Å². The van der Waals surface area contributed by atoms with Gasteiger partial charge in [-0.3, -0.25) is 0 Å². The van der Waals surface area contributed by atoms with Gasteiger partial charge in [-0.1, -0.05) is 0 Å². The molecule has 1 aromatic carbocycles. The average Bonchev–Trinajstić information content (AvgIpc) is 3.21. The van der Waals surface area contributed by atoms with Crippen LogP contribution < -0.4 is 0 Å². The Bertz CT molecular complexity index is 1300. The Morgan fingerprint density at radius 3 is 2.46 bits per heavy atom. The van der Waals surface area contributed by atoms with Crippen molar-refractivity contribution < 1.29 is 31.4 Å². The molecule has 0 radical (unpaired) electrons. The second kappa shape index (κ2) is 6.77. The Hall–Kier alpha value is -2.07. The van der Waals surface area contributed by atoms with Gasteiger partial charge < -0.3 is 10.2 Å². The molecular weight excluding hydrogens is 485 g/mol. The molecule has 0 aliphatic rings. The number of aliphatic hydroxyl groups excluding tert-OH is 1. The molecule has 0 spiro atoms.